The number of anilines is 1. The summed E-state index contributed by atoms with van der Waals surface area (Å²) in [5, 5.41) is 4.96. The van der Waals surface area contributed by atoms with Crippen molar-refractivity contribution in [3.8, 4) is 5.75 Å². The second-order valence-corrected chi connectivity index (χ2v) is 9.48. The maximum absolute atomic E-state index is 13.8. The van der Waals surface area contributed by atoms with Crippen LogP contribution in [0.3, 0.4) is 0 Å². The number of amides is 2. The van der Waals surface area contributed by atoms with E-state index in [0.717, 1.165) is 21.5 Å². The highest BCUT2D eigenvalue weighted by atomic mass is 32.2. The number of nitrogens with zero attached hydrogens (tertiary/aromatic N) is 2. The maximum Gasteiger partial charge on any atom is 0.247 e. The molecule has 1 aliphatic heterocycles. The number of hydrogen-bond donors (Lipinski definition) is 1. The number of carbonyl (C=O) groups excluding carboxylic acids is 2. The molecule has 1 N–H and O–H groups in total. The van der Waals surface area contributed by atoms with Crippen molar-refractivity contribution in [1.29, 1.82) is 0 Å². The summed E-state index contributed by atoms with van der Waals surface area (Å²) < 4.78 is 13.1. The second-order valence-electron chi connectivity index (χ2n) is 8.52. The van der Waals surface area contributed by atoms with Gasteiger partial charge in [-0.15, -0.1) is 0 Å². The van der Waals surface area contributed by atoms with Crippen LogP contribution in [-0.4, -0.2) is 48.5 Å². The van der Waals surface area contributed by atoms with Gasteiger partial charge in [0, 0.05) is 48.4 Å². The summed E-state index contributed by atoms with van der Waals surface area (Å²) in [4.78, 5) is 28.8. The first-order valence-electron chi connectivity index (χ1n) is 11.5. The van der Waals surface area contributed by atoms with Crippen molar-refractivity contribution in [2.24, 2.45) is 7.05 Å². The average molecular weight is 482 g/mol. The molecule has 2 aromatic carbocycles. The summed E-state index contributed by atoms with van der Waals surface area (Å²) >= 11 is 1.48. The van der Waals surface area contributed by atoms with Gasteiger partial charge in [0.25, 0.3) is 0 Å². The Hall–Kier alpha value is -2.97. The molecule has 0 saturated heterocycles. The molecular weight excluding hydrogens is 450 g/mol. The van der Waals surface area contributed by atoms with Crippen LogP contribution in [0.15, 0.2) is 53.6 Å². The first kappa shape index (κ1) is 24.2. The number of thioether (sulfide) groups is 1. The van der Waals surface area contributed by atoms with E-state index < -0.39 is 6.04 Å². The van der Waals surface area contributed by atoms with Crippen LogP contribution in [0, 0.1) is 0 Å². The fourth-order valence-corrected chi connectivity index (χ4v) is 5.38. The molecule has 2 amide bonds. The van der Waals surface area contributed by atoms with Gasteiger partial charge in [0.2, 0.25) is 11.8 Å². The van der Waals surface area contributed by atoms with E-state index in [1.807, 2.05) is 63.4 Å². The first-order valence-corrected chi connectivity index (χ1v) is 12.5. The molecule has 0 bridgehead atoms. The van der Waals surface area contributed by atoms with E-state index in [-0.39, 0.29) is 23.7 Å². The number of hydrogen-bond acceptors (Lipinski definition) is 5. The third-order valence-electron chi connectivity index (χ3n) is 5.87. The Kier molecular flexibility index (Phi) is 7.48. The lowest BCUT2D eigenvalue weighted by molar-refractivity contribution is -0.125. The number of benzene rings is 2. The van der Waals surface area contributed by atoms with Crippen molar-refractivity contribution in [3.63, 3.8) is 0 Å². The minimum Gasteiger partial charge on any atom is -0.497 e. The number of aromatic nitrogens is 1. The molecule has 3 aromatic rings. The molecular formula is C26H31N3O4S. The van der Waals surface area contributed by atoms with Crippen LogP contribution < -0.4 is 15.0 Å². The number of para-hydroxylation sites is 1. The van der Waals surface area contributed by atoms with Gasteiger partial charge in [-0.25, -0.2) is 0 Å². The zero-order valence-electron chi connectivity index (χ0n) is 20.0. The minimum atomic E-state index is -0.804. The molecule has 7 nitrogen and oxygen atoms in total. The number of nitrogens with one attached hydrogen (secondary N) is 1. The van der Waals surface area contributed by atoms with Crippen LogP contribution >= 0.6 is 11.8 Å². The third kappa shape index (κ3) is 4.79. The number of aryl methyl sites for hydroxylation is 1. The van der Waals surface area contributed by atoms with E-state index in [2.05, 4.69) is 9.88 Å². The molecule has 0 unspecified atom stereocenters. The fourth-order valence-electron chi connectivity index (χ4n) is 4.31. The van der Waals surface area contributed by atoms with Crippen molar-refractivity contribution >= 4 is 40.2 Å². The Balaban J connectivity index is 1.77. The van der Waals surface area contributed by atoms with E-state index in [1.165, 1.54) is 11.8 Å². The molecule has 8 heteroatoms. The van der Waals surface area contributed by atoms with Crippen molar-refractivity contribution in [1.82, 2.24) is 9.88 Å². The third-order valence-corrected chi connectivity index (χ3v) is 7.03. The lowest BCUT2D eigenvalue weighted by Crippen LogP contribution is -2.44. The molecule has 180 valence electrons. The zero-order chi connectivity index (χ0) is 24.2. The van der Waals surface area contributed by atoms with E-state index in [0.29, 0.717) is 31.0 Å². The van der Waals surface area contributed by atoms with Gasteiger partial charge < -0.3 is 19.4 Å². The van der Waals surface area contributed by atoms with Crippen molar-refractivity contribution in [3.05, 3.63) is 54.1 Å². The van der Waals surface area contributed by atoms with Gasteiger partial charge in [-0.3, -0.25) is 14.5 Å². The number of fused-ring (bicyclic) bond motifs is 3. The monoisotopic (exact) mass is 481 g/mol. The summed E-state index contributed by atoms with van der Waals surface area (Å²) in [6.07, 6.45) is 0.843. The molecule has 1 aliphatic rings. The molecule has 0 radical (unpaired) electrons. The lowest BCUT2D eigenvalue weighted by atomic mass is 10.0. The summed E-state index contributed by atoms with van der Waals surface area (Å²) in [6.45, 7) is 5.01. The fraction of sp³-hybridized carbons (Fsp3) is 0.385. The largest absolute Gasteiger partial charge is 0.497 e. The molecule has 1 aromatic heterocycles. The van der Waals surface area contributed by atoms with Gasteiger partial charge in [-0.2, -0.15) is 0 Å². The predicted molar refractivity (Wildman–Crippen MR) is 136 cm³/mol. The second kappa shape index (κ2) is 10.5. The van der Waals surface area contributed by atoms with E-state index in [9.17, 15) is 9.59 Å². The zero-order valence-corrected chi connectivity index (χ0v) is 20.9. The molecule has 0 fully saturated rings. The van der Waals surface area contributed by atoms with Gasteiger partial charge in [-0.05, 0) is 38.5 Å². The summed E-state index contributed by atoms with van der Waals surface area (Å²) in [6, 6.07) is 14.5. The normalized spacial score (nSPS) is 16.0. The highest BCUT2D eigenvalue weighted by Crippen LogP contribution is 2.43. The van der Waals surface area contributed by atoms with Gasteiger partial charge in [-0.1, -0.05) is 36.0 Å². The maximum atomic E-state index is 13.8. The molecule has 2 heterocycles. The Morgan fingerprint density at radius 3 is 2.76 bits per heavy atom. The van der Waals surface area contributed by atoms with Crippen molar-refractivity contribution < 1.29 is 19.1 Å². The molecule has 0 saturated carbocycles. The van der Waals surface area contributed by atoms with E-state index >= 15 is 0 Å². The Morgan fingerprint density at radius 2 is 2.00 bits per heavy atom. The van der Waals surface area contributed by atoms with Gasteiger partial charge in [0.05, 0.1) is 24.0 Å². The van der Waals surface area contributed by atoms with Gasteiger partial charge in [0.15, 0.2) is 0 Å². The predicted octanol–water partition coefficient (Wildman–Crippen LogP) is 4.30. The van der Waals surface area contributed by atoms with Crippen LogP contribution in [0.1, 0.15) is 31.9 Å². The molecule has 0 aliphatic carbocycles. The number of methoxy groups -OCH3 is 1. The summed E-state index contributed by atoms with van der Waals surface area (Å²) in [5.74, 6) is 0.536. The smallest absolute Gasteiger partial charge is 0.247 e. The van der Waals surface area contributed by atoms with E-state index in [4.69, 9.17) is 9.47 Å². The highest BCUT2D eigenvalue weighted by molar-refractivity contribution is 8.00. The van der Waals surface area contributed by atoms with Crippen molar-refractivity contribution in [2.45, 2.75) is 37.4 Å². The summed E-state index contributed by atoms with van der Waals surface area (Å²) in [5.41, 5.74) is 2.52. The topological polar surface area (TPSA) is 72.8 Å². The molecule has 1 atom stereocenters. The van der Waals surface area contributed by atoms with Gasteiger partial charge in [0.1, 0.15) is 11.8 Å². The Morgan fingerprint density at radius 1 is 1.21 bits per heavy atom. The number of ether oxygens (including phenoxy) is 2. The molecule has 4 rings (SSSR count). The van der Waals surface area contributed by atoms with E-state index in [1.54, 1.807) is 18.1 Å². The number of carbonyl (C=O) groups is 2. The molecule has 0 spiro atoms. The van der Waals surface area contributed by atoms with Crippen LogP contribution in [0.2, 0.25) is 0 Å². The lowest BCUT2D eigenvalue weighted by Gasteiger charge is -2.30. The number of rotatable bonds is 8. The van der Waals surface area contributed by atoms with Crippen LogP contribution in [-0.2, 0) is 21.4 Å². The van der Waals surface area contributed by atoms with Crippen LogP contribution in [0.25, 0.3) is 10.9 Å². The summed E-state index contributed by atoms with van der Waals surface area (Å²) in [7, 11) is 3.57. The van der Waals surface area contributed by atoms with Crippen LogP contribution in [0.4, 0.5) is 5.69 Å². The standard InChI is InChI=1S/C26H31N3O4S/c1-17(2)33-14-8-13-27-25(31)24-23-20-11-5-6-12-21(20)28(3)26(23)34-16-22(30)29(24)18-9-7-10-19(15-18)32-4/h5-7,9-12,15,17,24H,8,13-14,16H2,1-4H3,(H,27,31)/t24-/m1/s1. The average Bonchev–Trinajstić information content (AvgIpc) is 3.01. The van der Waals surface area contributed by atoms with Crippen LogP contribution in [0.5, 0.6) is 5.75 Å². The Bertz CT molecular complexity index is 1190. The SMILES string of the molecule is COc1cccc(N2C(=O)CSc3c(c4ccccc4n3C)[C@@H]2C(=O)NCCCOC(C)C)c1. The van der Waals surface area contributed by atoms with Gasteiger partial charge >= 0.3 is 0 Å². The Labute approximate surface area is 204 Å². The quantitative estimate of drug-likeness (QED) is 0.486. The first-order chi connectivity index (χ1) is 16.4. The minimum absolute atomic E-state index is 0.123. The highest BCUT2D eigenvalue weighted by Gasteiger charge is 2.39. The van der Waals surface area contributed by atoms with Crippen molar-refractivity contribution in [2.75, 3.05) is 30.9 Å². The molecule has 34 heavy (non-hydrogen) atoms.